The van der Waals surface area contributed by atoms with Crippen molar-refractivity contribution in [2.24, 2.45) is 0 Å². The van der Waals surface area contributed by atoms with Gasteiger partial charge in [-0.2, -0.15) is 5.10 Å². The fourth-order valence-corrected chi connectivity index (χ4v) is 3.53. The number of benzene rings is 1. The molecule has 1 aromatic carbocycles. The molecule has 1 fully saturated rings. The highest BCUT2D eigenvalue weighted by atomic mass is 35.5. The van der Waals surface area contributed by atoms with E-state index in [4.69, 9.17) is 16.3 Å². The van der Waals surface area contributed by atoms with Gasteiger partial charge in [-0.25, -0.2) is 9.31 Å². The number of halogens is 1. The predicted octanol–water partition coefficient (Wildman–Crippen LogP) is 2.49. The van der Waals surface area contributed by atoms with Gasteiger partial charge >= 0.3 is 5.97 Å². The lowest BCUT2D eigenvalue weighted by molar-refractivity contribution is 0.0591. The van der Waals surface area contributed by atoms with Crippen LogP contribution in [0.1, 0.15) is 20.8 Å². The first-order valence-corrected chi connectivity index (χ1v) is 9.33. The van der Waals surface area contributed by atoms with Gasteiger partial charge in [0.1, 0.15) is 0 Å². The number of fused-ring (bicyclic) bond motifs is 1. The third-order valence-corrected chi connectivity index (χ3v) is 5.10. The first kappa shape index (κ1) is 18.5. The van der Waals surface area contributed by atoms with Crippen LogP contribution in [0, 0.1) is 0 Å². The molecule has 1 saturated heterocycles. The number of hydrogen-bond acceptors (Lipinski definition) is 5. The van der Waals surface area contributed by atoms with E-state index in [1.165, 1.54) is 17.7 Å². The van der Waals surface area contributed by atoms with Crippen molar-refractivity contribution in [3.63, 3.8) is 0 Å². The van der Waals surface area contributed by atoms with Crippen molar-refractivity contribution in [3.05, 3.63) is 58.7 Å². The van der Waals surface area contributed by atoms with Gasteiger partial charge in [0.15, 0.2) is 5.69 Å². The van der Waals surface area contributed by atoms with Crippen LogP contribution in [0.2, 0.25) is 5.02 Å². The minimum absolute atomic E-state index is 0.0293. The first-order chi connectivity index (χ1) is 13.6. The lowest BCUT2D eigenvalue weighted by atomic mass is 10.1. The van der Waals surface area contributed by atoms with E-state index < -0.39 is 5.97 Å². The van der Waals surface area contributed by atoms with Crippen LogP contribution in [-0.2, 0) is 4.74 Å². The lowest BCUT2D eigenvalue weighted by Gasteiger charge is -2.27. The molecule has 1 amide bonds. The van der Waals surface area contributed by atoms with E-state index in [9.17, 15) is 9.59 Å². The molecule has 28 heavy (non-hydrogen) atoms. The molecule has 1 aliphatic heterocycles. The highest BCUT2D eigenvalue weighted by Gasteiger charge is 2.19. The highest BCUT2D eigenvalue weighted by Crippen LogP contribution is 2.25. The summed E-state index contributed by atoms with van der Waals surface area (Å²) in [5.74, 6) is -0.481. The second-order valence-corrected chi connectivity index (χ2v) is 6.91. The van der Waals surface area contributed by atoms with Crippen LogP contribution in [-0.4, -0.2) is 59.7 Å². The third kappa shape index (κ3) is 3.34. The largest absolute Gasteiger partial charge is 0.464 e. The monoisotopic (exact) mass is 398 g/mol. The van der Waals surface area contributed by atoms with Crippen LogP contribution >= 0.6 is 11.6 Å². The molecule has 0 spiro atoms. The molecule has 3 aromatic rings. The average Bonchev–Trinajstić information content (AvgIpc) is 3.09. The number of methoxy groups -OCH3 is 1. The summed E-state index contributed by atoms with van der Waals surface area (Å²) in [6, 6.07) is 12.5. The molecular weight excluding hydrogens is 380 g/mol. The Labute approximate surface area is 166 Å². The molecule has 1 N–H and O–H groups in total. The Morgan fingerprint density at radius 1 is 1.11 bits per heavy atom. The Hall–Kier alpha value is -2.90. The van der Waals surface area contributed by atoms with Crippen LogP contribution in [0.25, 0.3) is 16.8 Å². The van der Waals surface area contributed by atoms with E-state index >= 15 is 0 Å². The van der Waals surface area contributed by atoms with Crippen molar-refractivity contribution < 1.29 is 14.3 Å². The SMILES string of the molecule is COC(=O)c1cc(Cl)c2ccc(-c3ccc(C(=O)N4CCNCC4)cc3)nn12. The Kier molecular flexibility index (Phi) is 5.02. The van der Waals surface area contributed by atoms with Crippen LogP contribution < -0.4 is 5.32 Å². The molecule has 144 valence electrons. The molecule has 0 aliphatic carbocycles. The number of nitrogens with zero attached hydrogens (tertiary/aromatic N) is 3. The van der Waals surface area contributed by atoms with Crippen LogP contribution in [0.15, 0.2) is 42.5 Å². The lowest BCUT2D eigenvalue weighted by Crippen LogP contribution is -2.46. The number of amides is 1. The van der Waals surface area contributed by atoms with E-state index in [-0.39, 0.29) is 11.6 Å². The summed E-state index contributed by atoms with van der Waals surface area (Å²) in [6.45, 7) is 3.05. The Bertz CT molecular complexity index is 1040. The van der Waals surface area contributed by atoms with E-state index in [0.29, 0.717) is 34.9 Å². The topological polar surface area (TPSA) is 75.9 Å². The molecule has 0 unspecified atom stereocenters. The van der Waals surface area contributed by atoms with Gasteiger partial charge in [0.2, 0.25) is 0 Å². The fourth-order valence-electron chi connectivity index (χ4n) is 3.28. The minimum Gasteiger partial charge on any atom is -0.464 e. The molecule has 8 heteroatoms. The zero-order chi connectivity index (χ0) is 19.7. The van der Waals surface area contributed by atoms with E-state index in [1.807, 2.05) is 23.1 Å². The van der Waals surface area contributed by atoms with Crippen LogP contribution in [0.4, 0.5) is 0 Å². The second kappa shape index (κ2) is 7.61. The number of carbonyl (C=O) groups is 2. The van der Waals surface area contributed by atoms with E-state index in [0.717, 1.165) is 18.7 Å². The van der Waals surface area contributed by atoms with Gasteiger partial charge in [-0.3, -0.25) is 4.79 Å². The molecule has 3 heterocycles. The highest BCUT2D eigenvalue weighted by molar-refractivity contribution is 6.34. The van der Waals surface area contributed by atoms with E-state index in [2.05, 4.69) is 10.4 Å². The molecular formula is C20H19ClN4O3. The van der Waals surface area contributed by atoms with Gasteiger partial charge in [0, 0.05) is 37.3 Å². The number of rotatable bonds is 3. The maximum atomic E-state index is 12.6. The molecule has 7 nitrogen and oxygen atoms in total. The summed E-state index contributed by atoms with van der Waals surface area (Å²) in [5.41, 5.74) is 3.02. The van der Waals surface area contributed by atoms with E-state index in [1.54, 1.807) is 18.2 Å². The molecule has 2 aromatic heterocycles. The summed E-state index contributed by atoms with van der Waals surface area (Å²) in [4.78, 5) is 26.4. The van der Waals surface area contributed by atoms with Gasteiger partial charge in [0.05, 0.1) is 23.3 Å². The number of esters is 1. The smallest absolute Gasteiger partial charge is 0.356 e. The van der Waals surface area contributed by atoms with Crippen molar-refractivity contribution in [1.82, 2.24) is 19.8 Å². The number of piperazine rings is 1. The van der Waals surface area contributed by atoms with Gasteiger partial charge in [-0.1, -0.05) is 23.7 Å². The second-order valence-electron chi connectivity index (χ2n) is 6.50. The van der Waals surface area contributed by atoms with Gasteiger partial charge < -0.3 is 15.0 Å². The van der Waals surface area contributed by atoms with Crippen molar-refractivity contribution >= 4 is 29.0 Å². The normalized spacial score (nSPS) is 14.3. The van der Waals surface area contributed by atoms with Crippen LogP contribution in [0.3, 0.4) is 0 Å². The van der Waals surface area contributed by atoms with Gasteiger partial charge in [-0.05, 0) is 30.3 Å². The van der Waals surface area contributed by atoms with Crippen molar-refractivity contribution in [2.75, 3.05) is 33.3 Å². The first-order valence-electron chi connectivity index (χ1n) is 8.95. The quantitative estimate of drug-likeness (QED) is 0.686. The average molecular weight is 399 g/mol. The van der Waals surface area contributed by atoms with Gasteiger partial charge in [0.25, 0.3) is 5.91 Å². The van der Waals surface area contributed by atoms with Crippen LogP contribution in [0.5, 0.6) is 0 Å². The molecule has 0 atom stereocenters. The Morgan fingerprint density at radius 3 is 2.50 bits per heavy atom. The van der Waals surface area contributed by atoms with Gasteiger partial charge in [-0.15, -0.1) is 0 Å². The van der Waals surface area contributed by atoms with Crippen molar-refractivity contribution in [1.29, 1.82) is 0 Å². The summed E-state index contributed by atoms with van der Waals surface area (Å²) in [5, 5.41) is 8.19. The predicted molar refractivity (Wildman–Crippen MR) is 106 cm³/mol. The molecule has 0 radical (unpaired) electrons. The number of nitrogens with one attached hydrogen (secondary N) is 1. The summed E-state index contributed by atoms with van der Waals surface area (Å²) in [6.07, 6.45) is 0. The third-order valence-electron chi connectivity index (χ3n) is 4.80. The number of aromatic nitrogens is 2. The Balaban J connectivity index is 1.64. The fraction of sp³-hybridized carbons (Fsp3) is 0.250. The standard InChI is InChI=1S/C20H19ClN4O3/c1-28-20(27)18-12-15(21)17-7-6-16(23-25(17)18)13-2-4-14(5-3-13)19(26)24-10-8-22-9-11-24/h2-7,12,22H,8-11H2,1H3. The molecule has 0 saturated carbocycles. The molecule has 1 aliphatic rings. The number of carbonyl (C=O) groups excluding carboxylic acids is 2. The molecule has 4 rings (SSSR count). The minimum atomic E-state index is -0.511. The summed E-state index contributed by atoms with van der Waals surface area (Å²) >= 11 is 6.19. The maximum Gasteiger partial charge on any atom is 0.356 e. The zero-order valence-corrected chi connectivity index (χ0v) is 16.1. The van der Waals surface area contributed by atoms with Crippen molar-refractivity contribution in [3.8, 4) is 11.3 Å². The maximum absolute atomic E-state index is 12.6. The summed E-state index contributed by atoms with van der Waals surface area (Å²) < 4.78 is 6.27. The van der Waals surface area contributed by atoms with Crippen molar-refractivity contribution in [2.45, 2.75) is 0 Å². The molecule has 0 bridgehead atoms. The number of hydrogen-bond donors (Lipinski definition) is 1. The zero-order valence-electron chi connectivity index (χ0n) is 15.3. The Morgan fingerprint density at radius 2 is 1.82 bits per heavy atom. The summed E-state index contributed by atoms with van der Waals surface area (Å²) in [7, 11) is 1.31. The number of ether oxygens (including phenoxy) is 1.